The van der Waals surface area contributed by atoms with E-state index in [4.69, 9.17) is 5.73 Å². The first-order chi connectivity index (χ1) is 8.73. The zero-order valence-electron chi connectivity index (χ0n) is 11.4. The molecule has 3 rings (SSSR count). The van der Waals surface area contributed by atoms with Crippen LogP contribution in [0, 0.1) is 0 Å². The summed E-state index contributed by atoms with van der Waals surface area (Å²) in [6.07, 6.45) is 5.21. The lowest BCUT2D eigenvalue weighted by Crippen LogP contribution is -2.30. The van der Waals surface area contributed by atoms with Crippen molar-refractivity contribution in [1.82, 2.24) is 4.90 Å². The van der Waals surface area contributed by atoms with Gasteiger partial charge in [0.1, 0.15) is 0 Å². The Kier molecular flexibility index (Phi) is 3.16. The second-order valence-electron chi connectivity index (χ2n) is 6.21. The molecular formula is C16H24N2. The second kappa shape index (κ2) is 4.67. The van der Waals surface area contributed by atoms with Gasteiger partial charge in [-0.1, -0.05) is 24.3 Å². The minimum absolute atomic E-state index is 0.335. The fraction of sp³-hybridized carbons (Fsp3) is 0.625. The van der Waals surface area contributed by atoms with E-state index in [1.807, 2.05) is 0 Å². The smallest absolute Gasteiger partial charge is 0.00762 e. The average molecular weight is 244 g/mol. The number of rotatable bonds is 3. The molecule has 1 saturated heterocycles. The van der Waals surface area contributed by atoms with Gasteiger partial charge in [-0.25, -0.2) is 0 Å². The van der Waals surface area contributed by atoms with Crippen LogP contribution in [0.4, 0.5) is 0 Å². The SMILES string of the molecule is CN1CCCC(c2ccc(C3(CN)CC3)cc2)C1. The number of piperidine rings is 1. The van der Waals surface area contributed by atoms with Crippen LogP contribution < -0.4 is 5.73 Å². The normalized spacial score (nSPS) is 27.1. The molecule has 1 heterocycles. The summed E-state index contributed by atoms with van der Waals surface area (Å²) in [7, 11) is 2.23. The van der Waals surface area contributed by atoms with Crippen molar-refractivity contribution in [1.29, 1.82) is 0 Å². The van der Waals surface area contributed by atoms with Gasteiger partial charge >= 0.3 is 0 Å². The highest BCUT2D eigenvalue weighted by atomic mass is 15.1. The molecule has 2 aliphatic rings. The van der Waals surface area contributed by atoms with E-state index >= 15 is 0 Å². The van der Waals surface area contributed by atoms with Gasteiger partial charge in [0.25, 0.3) is 0 Å². The number of benzene rings is 1. The van der Waals surface area contributed by atoms with Crippen molar-refractivity contribution in [3.05, 3.63) is 35.4 Å². The van der Waals surface area contributed by atoms with Crippen molar-refractivity contribution in [3.8, 4) is 0 Å². The number of nitrogens with two attached hydrogens (primary N) is 1. The molecule has 18 heavy (non-hydrogen) atoms. The third-order valence-electron chi connectivity index (χ3n) is 4.86. The standard InChI is InChI=1S/C16H24N2/c1-18-10-2-3-14(11-18)13-4-6-15(7-5-13)16(12-17)8-9-16/h4-7,14H,2-3,8-12,17H2,1H3. The van der Waals surface area contributed by atoms with Gasteiger partial charge in [0.15, 0.2) is 0 Å². The van der Waals surface area contributed by atoms with E-state index in [9.17, 15) is 0 Å². The molecule has 2 heteroatoms. The fourth-order valence-corrected chi connectivity index (χ4v) is 3.31. The number of hydrogen-bond donors (Lipinski definition) is 1. The Labute approximate surface area is 110 Å². The Morgan fingerprint density at radius 2 is 2.00 bits per heavy atom. The quantitative estimate of drug-likeness (QED) is 0.885. The van der Waals surface area contributed by atoms with E-state index in [-0.39, 0.29) is 0 Å². The van der Waals surface area contributed by atoms with Gasteiger partial charge in [-0.05, 0) is 56.3 Å². The molecule has 1 aliphatic heterocycles. The lowest BCUT2D eigenvalue weighted by atomic mass is 9.88. The van der Waals surface area contributed by atoms with Gasteiger partial charge in [0.05, 0.1) is 0 Å². The van der Waals surface area contributed by atoms with Gasteiger partial charge in [-0.2, -0.15) is 0 Å². The Morgan fingerprint density at radius 1 is 1.28 bits per heavy atom. The van der Waals surface area contributed by atoms with Crippen LogP contribution in [0.3, 0.4) is 0 Å². The van der Waals surface area contributed by atoms with Gasteiger partial charge in [-0.15, -0.1) is 0 Å². The largest absolute Gasteiger partial charge is 0.330 e. The van der Waals surface area contributed by atoms with Crippen LogP contribution in [0.1, 0.15) is 42.7 Å². The van der Waals surface area contributed by atoms with Crippen molar-refractivity contribution < 1.29 is 0 Å². The predicted molar refractivity (Wildman–Crippen MR) is 75.9 cm³/mol. The summed E-state index contributed by atoms with van der Waals surface area (Å²) in [4.78, 5) is 2.45. The summed E-state index contributed by atoms with van der Waals surface area (Å²) >= 11 is 0. The number of nitrogens with zero attached hydrogens (tertiary/aromatic N) is 1. The van der Waals surface area contributed by atoms with E-state index in [0.717, 1.165) is 12.5 Å². The van der Waals surface area contributed by atoms with Crippen LogP contribution in [0.25, 0.3) is 0 Å². The third kappa shape index (κ3) is 2.19. The van der Waals surface area contributed by atoms with Crippen LogP contribution in [-0.4, -0.2) is 31.6 Å². The highest BCUT2D eigenvalue weighted by Gasteiger charge is 2.42. The Bertz CT molecular complexity index is 406. The molecule has 1 aliphatic carbocycles. The molecule has 0 spiro atoms. The monoisotopic (exact) mass is 244 g/mol. The average Bonchev–Trinajstić information content (AvgIpc) is 3.20. The Morgan fingerprint density at radius 3 is 2.56 bits per heavy atom. The predicted octanol–water partition coefficient (Wildman–Crippen LogP) is 2.49. The molecule has 0 amide bonds. The molecule has 2 nitrogen and oxygen atoms in total. The van der Waals surface area contributed by atoms with Crippen LogP contribution in [0.5, 0.6) is 0 Å². The summed E-state index contributed by atoms with van der Waals surface area (Å²) in [5.74, 6) is 0.728. The molecule has 0 radical (unpaired) electrons. The minimum Gasteiger partial charge on any atom is -0.330 e. The molecule has 1 aromatic carbocycles. The first-order valence-electron chi connectivity index (χ1n) is 7.23. The summed E-state index contributed by atoms with van der Waals surface area (Å²) in [5, 5.41) is 0. The number of likely N-dealkylation sites (tertiary alicyclic amines) is 1. The molecule has 1 unspecified atom stereocenters. The highest BCUT2D eigenvalue weighted by Crippen LogP contribution is 2.47. The van der Waals surface area contributed by atoms with Crippen molar-refractivity contribution in [2.75, 3.05) is 26.7 Å². The maximum atomic E-state index is 5.89. The first kappa shape index (κ1) is 12.2. The summed E-state index contributed by atoms with van der Waals surface area (Å²) in [5.41, 5.74) is 9.20. The van der Waals surface area contributed by atoms with E-state index < -0.39 is 0 Å². The number of likely N-dealkylation sites (N-methyl/N-ethyl adjacent to an activating group) is 1. The lowest BCUT2D eigenvalue weighted by Gasteiger charge is -2.30. The highest BCUT2D eigenvalue weighted by molar-refractivity contribution is 5.35. The zero-order chi connectivity index (χ0) is 12.6. The molecular weight excluding hydrogens is 220 g/mol. The van der Waals surface area contributed by atoms with Gasteiger partial charge in [0.2, 0.25) is 0 Å². The molecule has 1 saturated carbocycles. The second-order valence-corrected chi connectivity index (χ2v) is 6.21. The van der Waals surface area contributed by atoms with Crippen LogP contribution in [0.15, 0.2) is 24.3 Å². The lowest BCUT2D eigenvalue weighted by molar-refractivity contribution is 0.251. The van der Waals surface area contributed by atoms with E-state index in [1.165, 1.54) is 49.9 Å². The minimum atomic E-state index is 0.335. The van der Waals surface area contributed by atoms with Crippen LogP contribution in [-0.2, 0) is 5.41 Å². The van der Waals surface area contributed by atoms with Gasteiger partial charge < -0.3 is 10.6 Å². The van der Waals surface area contributed by atoms with Crippen molar-refractivity contribution in [2.24, 2.45) is 5.73 Å². The van der Waals surface area contributed by atoms with E-state index in [0.29, 0.717) is 5.41 Å². The fourth-order valence-electron chi connectivity index (χ4n) is 3.31. The van der Waals surface area contributed by atoms with Crippen molar-refractivity contribution >= 4 is 0 Å². The Balaban J connectivity index is 1.74. The summed E-state index contributed by atoms with van der Waals surface area (Å²) < 4.78 is 0. The number of hydrogen-bond acceptors (Lipinski definition) is 2. The van der Waals surface area contributed by atoms with Crippen molar-refractivity contribution in [3.63, 3.8) is 0 Å². The molecule has 98 valence electrons. The van der Waals surface area contributed by atoms with E-state index in [1.54, 1.807) is 0 Å². The van der Waals surface area contributed by atoms with Gasteiger partial charge in [0, 0.05) is 18.5 Å². The zero-order valence-corrected chi connectivity index (χ0v) is 11.4. The molecule has 2 fully saturated rings. The third-order valence-corrected chi connectivity index (χ3v) is 4.86. The van der Waals surface area contributed by atoms with Crippen molar-refractivity contribution in [2.45, 2.75) is 37.0 Å². The summed E-state index contributed by atoms with van der Waals surface area (Å²) in [6, 6.07) is 9.33. The molecule has 1 aromatic rings. The van der Waals surface area contributed by atoms with Crippen LogP contribution >= 0.6 is 0 Å². The molecule has 1 atom stereocenters. The molecule has 0 bridgehead atoms. The maximum absolute atomic E-state index is 5.89. The molecule has 0 aromatic heterocycles. The first-order valence-corrected chi connectivity index (χ1v) is 7.23. The van der Waals surface area contributed by atoms with Crippen LogP contribution in [0.2, 0.25) is 0 Å². The summed E-state index contributed by atoms with van der Waals surface area (Å²) in [6.45, 7) is 3.27. The van der Waals surface area contributed by atoms with Gasteiger partial charge in [-0.3, -0.25) is 0 Å². The maximum Gasteiger partial charge on any atom is 0.00762 e. The van der Waals surface area contributed by atoms with E-state index in [2.05, 4.69) is 36.2 Å². The molecule has 2 N–H and O–H groups in total. The topological polar surface area (TPSA) is 29.3 Å². The Hall–Kier alpha value is -0.860.